The van der Waals surface area contributed by atoms with Crippen molar-refractivity contribution in [2.45, 2.75) is 85.5 Å². The second-order valence-corrected chi connectivity index (χ2v) is 18.7. The fourth-order valence-electron chi connectivity index (χ4n) is 7.76. The predicted molar refractivity (Wildman–Crippen MR) is 249 cm³/mol. The Balaban J connectivity index is 1.44. The largest absolute Gasteiger partial charge is 0.507 e. The molecule has 0 fully saturated rings. The van der Waals surface area contributed by atoms with Gasteiger partial charge in [0.25, 0.3) is 0 Å². The van der Waals surface area contributed by atoms with Gasteiger partial charge in [-0.1, -0.05) is 159 Å². The van der Waals surface area contributed by atoms with Crippen molar-refractivity contribution in [1.82, 2.24) is 14.5 Å². The van der Waals surface area contributed by atoms with Crippen molar-refractivity contribution in [2.24, 2.45) is 0 Å². The zero-order valence-corrected chi connectivity index (χ0v) is 35.8. The van der Waals surface area contributed by atoms with Crippen LogP contribution in [0.25, 0.3) is 72.7 Å². The monoisotopic (exact) mass is 778 g/mol. The van der Waals surface area contributed by atoms with Gasteiger partial charge in [0.1, 0.15) is 11.6 Å². The van der Waals surface area contributed by atoms with Crippen LogP contribution in [0.2, 0.25) is 0 Å². The summed E-state index contributed by atoms with van der Waals surface area (Å²) in [6.45, 7) is 21.6. The third-order valence-electron chi connectivity index (χ3n) is 11.1. The summed E-state index contributed by atoms with van der Waals surface area (Å²) in [7, 11) is 0. The molecular weight excluding hydrogens is 719 g/mol. The van der Waals surface area contributed by atoms with Crippen molar-refractivity contribution in [3.63, 3.8) is 0 Å². The Morgan fingerprint density at radius 1 is 0.559 bits per heavy atom. The average molecular weight is 779 g/mol. The number of hydrogen-bond donors (Lipinski definition) is 1. The topological polar surface area (TPSA) is 50.9 Å². The van der Waals surface area contributed by atoms with E-state index in [4.69, 9.17) is 16.8 Å². The van der Waals surface area contributed by atoms with Crippen molar-refractivity contribution in [2.75, 3.05) is 0 Å². The van der Waals surface area contributed by atoms with E-state index in [1.807, 2.05) is 6.07 Å². The van der Waals surface area contributed by atoms with Crippen LogP contribution in [0, 0.1) is 6.92 Å². The Labute approximate surface area is 357 Å². The summed E-state index contributed by atoms with van der Waals surface area (Å²) >= 11 is 0. The normalized spacial score (nSPS) is 13.5. The standard InChI is InChI=1S/C55H55N3O/c1-35-24-25-48(44(28-35)37-20-15-12-16-21-37)58-49-23-17-22-43(50(49)57-52(58)45-33-42(54(5,6)7)34-46(51(45)59)55(8,9)10)39-29-40(31-41(30-39)53(2,3)4)47-32-38(26-27-56-47)36-18-13-11-14-19-36/h11-34,59H,1-10H3/i11D,13D,14D,18D,19D. The number of phenolic OH excluding ortho intramolecular Hbond substituents is 1. The number of phenols is 1. The zero-order chi connectivity index (χ0) is 46.2. The molecule has 1 N–H and O–H groups in total. The lowest BCUT2D eigenvalue weighted by Gasteiger charge is -2.27. The number of imidazole rings is 1. The molecule has 59 heavy (non-hydrogen) atoms. The van der Waals surface area contributed by atoms with Crippen LogP contribution >= 0.6 is 0 Å². The smallest absolute Gasteiger partial charge is 0.149 e. The van der Waals surface area contributed by atoms with Gasteiger partial charge in [-0.05, 0) is 105 Å². The van der Waals surface area contributed by atoms with Gasteiger partial charge in [0.2, 0.25) is 0 Å². The average Bonchev–Trinajstić information content (AvgIpc) is 3.63. The molecule has 0 aliphatic rings. The summed E-state index contributed by atoms with van der Waals surface area (Å²) < 4.78 is 44.4. The van der Waals surface area contributed by atoms with Gasteiger partial charge in [-0.3, -0.25) is 9.55 Å². The van der Waals surface area contributed by atoms with E-state index in [0.717, 1.165) is 66.8 Å². The van der Waals surface area contributed by atoms with E-state index in [1.165, 1.54) is 0 Å². The summed E-state index contributed by atoms with van der Waals surface area (Å²) in [4.78, 5) is 10.4. The van der Waals surface area contributed by atoms with Crippen molar-refractivity contribution < 1.29 is 12.0 Å². The van der Waals surface area contributed by atoms with Crippen molar-refractivity contribution in [3.8, 4) is 67.5 Å². The SMILES string of the molecule is [2H]c1c([2H])c([2H])c(-c2ccnc(-c3cc(-c4cccc5c4nc(-c4cc(C(C)(C)C)cc(C(C)(C)C)c4O)n5-c4ccc(C)cc4-c4ccccc4)cc(C(C)(C)C)c3)c2)c([2H])c1[2H]. The molecule has 0 amide bonds. The minimum Gasteiger partial charge on any atom is -0.507 e. The molecule has 0 aliphatic heterocycles. The number of aromatic nitrogens is 3. The first kappa shape index (κ1) is 33.7. The Hall–Kier alpha value is -6.26. The summed E-state index contributed by atoms with van der Waals surface area (Å²) in [6.07, 6.45) is 1.62. The molecule has 0 saturated carbocycles. The summed E-state index contributed by atoms with van der Waals surface area (Å²) in [5.41, 5.74) is 12.4. The van der Waals surface area contributed by atoms with Crippen LogP contribution in [0.15, 0.2) is 146 Å². The molecule has 2 aromatic heterocycles. The van der Waals surface area contributed by atoms with Gasteiger partial charge in [0.05, 0.1) is 34.8 Å². The fraction of sp³-hybridized carbons (Fsp3) is 0.236. The molecule has 8 rings (SSSR count). The maximum Gasteiger partial charge on any atom is 0.149 e. The fourth-order valence-corrected chi connectivity index (χ4v) is 7.76. The van der Waals surface area contributed by atoms with E-state index in [1.54, 1.807) is 18.3 Å². The summed E-state index contributed by atoms with van der Waals surface area (Å²) in [5, 5.41) is 12.4. The Morgan fingerprint density at radius 2 is 1.25 bits per heavy atom. The van der Waals surface area contributed by atoms with E-state index in [0.29, 0.717) is 22.6 Å². The van der Waals surface area contributed by atoms with Crippen LogP contribution in [0.4, 0.5) is 0 Å². The molecule has 4 heteroatoms. The second kappa shape index (κ2) is 14.8. The Kier molecular flexibility index (Phi) is 8.47. The second-order valence-electron chi connectivity index (χ2n) is 18.7. The minimum absolute atomic E-state index is 0.129. The first-order valence-corrected chi connectivity index (χ1v) is 20.3. The highest BCUT2D eigenvalue weighted by Gasteiger charge is 2.29. The van der Waals surface area contributed by atoms with Crippen LogP contribution in [0.3, 0.4) is 0 Å². The van der Waals surface area contributed by atoms with Gasteiger partial charge in [0.15, 0.2) is 0 Å². The number of para-hydroxylation sites is 1. The van der Waals surface area contributed by atoms with Crippen molar-refractivity contribution >= 4 is 11.0 Å². The molecule has 8 aromatic rings. The molecule has 6 aromatic carbocycles. The number of rotatable bonds is 6. The Bertz CT molecular complexity index is 3100. The number of aromatic hydroxyl groups is 1. The van der Waals surface area contributed by atoms with Gasteiger partial charge >= 0.3 is 0 Å². The first-order valence-electron chi connectivity index (χ1n) is 22.8. The van der Waals surface area contributed by atoms with E-state index in [9.17, 15) is 5.11 Å². The van der Waals surface area contributed by atoms with Crippen LogP contribution < -0.4 is 0 Å². The molecule has 2 heterocycles. The predicted octanol–water partition coefficient (Wildman–Crippen LogP) is 14.7. The quantitative estimate of drug-likeness (QED) is 0.183. The van der Waals surface area contributed by atoms with Gasteiger partial charge in [0, 0.05) is 28.5 Å². The molecular formula is C55H55N3O. The summed E-state index contributed by atoms with van der Waals surface area (Å²) in [6, 6.07) is 35.5. The van der Waals surface area contributed by atoms with E-state index in [-0.39, 0.29) is 51.7 Å². The number of hydrogen-bond acceptors (Lipinski definition) is 3. The molecule has 0 saturated heterocycles. The lowest BCUT2D eigenvalue weighted by molar-refractivity contribution is 0.446. The highest BCUT2D eigenvalue weighted by Crippen LogP contribution is 2.46. The third kappa shape index (κ3) is 7.72. The molecule has 0 radical (unpaired) electrons. The summed E-state index contributed by atoms with van der Waals surface area (Å²) in [5.74, 6) is 0.826. The van der Waals surface area contributed by atoms with E-state index in [2.05, 4.69) is 165 Å². The van der Waals surface area contributed by atoms with Gasteiger partial charge in [-0.2, -0.15) is 0 Å². The van der Waals surface area contributed by atoms with Gasteiger partial charge in [-0.25, -0.2) is 4.98 Å². The number of nitrogens with zero attached hydrogens (tertiary/aromatic N) is 3. The van der Waals surface area contributed by atoms with Crippen molar-refractivity contribution in [3.05, 3.63) is 168 Å². The van der Waals surface area contributed by atoms with Crippen LogP contribution in [0.1, 0.15) is 91.4 Å². The molecule has 0 atom stereocenters. The Morgan fingerprint density at radius 3 is 1.95 bits per heavy atom. The molecule has 4 nitrogen and oxygen atoms in total. The van der Waals surface area contributed by atoms with Gasteiger partial charge in [-0.15, -0.1) is 0 Å². The molecule has 0 aliphatic carbocycles. The number of pyridine rings is 1. The van der Waals surface area contributed by atoms with Crippen molar-refractivity contribution in [1.29, 1.82) is 0 Å². The minimum atomic E-state index is -0.430. The maximum atomic E-state index is 12.4. The first-order chi connectivity index (χ1) is 30.0. The number of fused-ring (bicyclic) bond motifs is 1. The molecule has 0 spiro atoms. The zero-order valence-electron chi connectivity index (χ0n) is 40.8. The molecule has 296 valence electrons. The van der Waals surface area contributed by atoms with E-state index < -0.39 is 6.04 Å². The van der Waals surface area contributed by atoms with Crippen LogP contribution in [-0.2, 0) is 16.2 Å². The van der Waals surface area contributed by atoms with Gasteiger partial charge < -0.3 is 5.11 Å². The van der Waals surface area contributed by atoms with E-state index >= 15 is 0 Å². The number of benzene rings is 6. The lowest BCUT2D eigenvalue weighted by atomic mass is 9.79. The lowest BCUT2D eigenvalue weighted by Crippen LogP contribution is -2.17. The van der Waals surface area contributed by atoms with Crippen LogP contribution in [-0.4, -0.2) is 19.6 Å². The number of aryl methyl sites for hydroxylation is 1. The highest BCUT2D eigenvalue weighted by atomic mass is 16.3. The molecule has 0 unspecified atom stereocenters. The van der Waals surface area contributed by atoms with Crippen LogP contribution in [0.5, 0.6) is 5.75 Å². The highest BCUT2D eigenvalue weighted by molar-refractivity contribution is 5.98. The molecule has 0 bridgehead atoms. The third-order valence-corrected chi connectivity index (χ3v) is 11.1. The maximum absolute atomic E-state index is 12.4.